The molecule has 27 heavy (non-hydrogen) atoms. The summed E-state index contributed by atoms with van der Waals surface area (Å²) in [5.74, 6) is 0.0505. The van der Waals surface area contributed by atoms with Crippen LogP contribution in [0.5, 0.6) is 0 Å². The van der Waals surface area contributed by atoms with Gasteiger partial charge in [0, 0.05) is 15.8 Å². The molecule has 4 aromatic rings. The van der Waals surface area contributed by atoms with Gasteiger partial charge in [0.1, 0.15) is 11.6 Å². The first-order valence-electron chi connectivity index (χ1n) is 8.24. The third kappa shape index (κ3) is 3.20. The molecule has 3 nitrogen and oxygen atoms in total. The van der Waals surface area contributed by atoms with Gasteiger partial charge >= 0.3 is 0 Å². The molecule has 0 fully saturated rings. The molecule has 0 atom stereocenters. The number of hydrogen-bond acceptors (Lipinski definition) is 3. The molecule has 0 aliphatic carbocycles. The Hall–Kier alpha value is -2.76. The van der Waals surface area contributed by atoms with Crippen molar-refractivity contribution in [3.05, 3.63) is 91.4 Å². The number of halogens is 2. The highest BCUT2D eigenvalue weighted by Gasteiger charge is 2.16. The molecular formula is C21H14ClFN2OS. The van der Waals surface area contributed by atoms with Crippen LogP contribution in [-0.4, -0.2) is 9.55 Å². The zero-order valence-corrected chi connectivity index (χ0v) is 15.9. The molecular weight excluding hydrogens is 383 g/mol. The predicted octanol–water partition coefficient (Wildman–Crippen LogP) is 5.72. The number of benzene rings is 2. The number of rotatable bonds is 3. The standard InChI is InChI=1S/C21H14ClFN2OS/c1-13-20-17(12-27-13)24-19(11-10-14-6-2-4-8-16(14)23)25(21(20)26)18-9-5-3-7-15(18)22/h2-12H,1H3. The van der Waals surface area contributed by atoms with Crippen molar-refractivity contribution in [2.24, 2.45) is 0 Å². The maximum atomic E-state index is 14.0. The van der Waals surface area contributed by atoms with Crippen LogP contribution in [0, 0.1) is 12.7 Å². The highest BCUT2D eigenvalue weighted by atomic mass is 35.5. The van der Waals surface area contributed by atoms with Gasteiger partial charge in [-0.2, -0.15) is 0 Å². The Labute approximate surface area is 164 Å². The Morgan fingerprint density at radius 2 is 1.85 bits per heavy atom. The van der Waals surface area contributed by atoms with Gasteiger partial charge < -0.3 is 0 Å². The van der Waals surface area contributed by atoms with E-state index < -0.39 is 0 Å². The lowest BCUT2D eigenvalue weighted by atomic mass is 10.2. The normalized spacial score (nSPS) is 11.5. The molecule has 0 saturated carbocycles. The van der Waals surface area contributed by atoms with E-state index in [1.807, 2.05) is 18.4 Å². The van der Waals surface area contributed by atoms with Gasteiger partial charge in [-0.25, -0.2) is 9.37 Å². The van der Waals surface area contributed by atoms with Crippen molar-refractivity contribution in [1.29, 1.82) is 0 Å². The van der Waals surface area contributed by atoms with Crippen molar-refractivity contribution in [2.45, 2.75) is 6.92 Å². The van der Waals surface area contributed by atoms with E-state index in [1.54, 1.807) is 48.6 Å². The zero-order chi connectivity index (χ0) is 19.0. The molecule has 134 valence electrons. The molecule has 2 aromatic heterocycles. The minimum absolute atomic E-state index is 0.194. The summed E-state index contributed by atoms with van der Waals surface area (Å²) < 4.78 is 15.4. The first kappa shape index (κ1) is 17.6. The highest BCUT2D eigenvalue weighted by molar-refractivity contribution is 7.11. The van der Waals surface area contributed by atoms with Crippen molar-refractivity contribution >= 4 is 46.0 Å². The summed E-state index contributed by atoms with van der Waals surface area (Å²) in [6.07, 6.45) is 3.24. The fourth-order valence-corrected chi connectivity index (χ4v) is 3.92. The van der Waals surface area contributed by atoms with Gasteiger partial charge in [0.15, 0.2) is 0 Å². The molecule has 0 bridgehead atoms. The van der Waals surface area contributed by atoms with Crippen LogP contribution in [0.1, 0.15) is 16.3 Å². The van der Waals surface area contributed by atoms with E-state index in [0.717, 1.165) is 4.88 Å². The highest BCUT2D eigenvalue weighted by Crippen LogP contribution is 2.25. The summed E-state index contributed by atoms with van der Waals surface area (Å²) in [5, 5.41) is 2.86. The average molecular weight is 397 g/mol. The molecule has 0 N–H and O–H groups in total. The number of hydrogen-bond donors (Lipinski definition) is 0. The van der Waals surface area contributed by atoms with Crippen LogP contribution in [-0.2, 0) is 0 Å². The monoisotopic (exact) mass is 396 g/mol. The SMILES string of the molecule is Cc1scc2nc(C=Cc3ccccc3F)n(-c3ccccc3Cl)c(=O)c12. The molecule has 0 amide bonds. The lowest BCUT2D eigenvalue weighted by molar-refractivity contribution is 0.625. The lowest BCUT2D eigenvalue weighted by Gasteiger charge is -2.12. The number of fused-ring (bicyclic) bond motifs is 1. The molecule has 0 aliphatic heterocycles. The summed E-state index contributed by atoms with van der Waals surface area (Å²) in [6, 6.07) is 13.5. The zero-order valence-electron chi connectivity index (χ0n) is 14.3. The smallest absolute Gasteiger partial charge is 0.267 e. The van der Waals surface area contributed by atoms with E-state index in [2.05, 4.69) is 4.98 Å². The molecule has 0 radical (unpaired) electrons. The quantitative estimate of drug-likeness (QED) is 0.444. The number of aromatic nitrogens is 2. The van der Waals surface area contributed by atoms with Gasteiger partial charge in [0.2, 0.25) is 0 Å². The fraction of sp³-hybridized carbons (Fsp3) is 0.0476. The third-order valence-electron chi connectivity index (χ3n) is 4.25. The second kappa shape index (κ2) is 7.10. The molecule has 0 unspecified atom stereocenters. The number of aryl methyl sites for hydroxylation is 1. The number of thiophene rings is 1. The van der Waals surface area contributed by atoms with Gasteiger partial charge in [0.05, 0.1) is 21.6 Å². The van der Waals surface area contributed by atoms with Gasteiger partial charge in [-0.1, -0.05) is 41.9 Å². The molecule has 2 aromatic carbocycles. The lowest BCUT2D eigenvalue weighted by Crippen LogP contribution is -2.22. The maximum absolute atomic E-state index is 14.0. The van der Waals surface area contributed by atoms with Crippen molar-refractivity contribution in [1.82, 2.24) is 9.55 Å². The van der Waals surface area contributed by atoms with Crippen LogP contribution in [0.15, 0.2) is 58.7 Å². The van der Waals surface area contributed by atoms with Gasteiger partial charge in [-0.05, 0) is 37.3 Å². The largest absolute Gasteiger partial charge is 0.268 e. The minimum Gasteiger partial charge on any atom is -0.268 e. The predicted molar refractivity (Wildman–Crippen MR) is 110 cm³/mol. The summed E-state index contributed by atoms with van der Waals surface area (Å²) in [7, 11) is 0. The van der Waals surface area contributed by atoms with E-state index in [-0.39, 0.29) is 11.4 Å². The summed E-state index contributed by atoms with van der Waals surface area (Å²) in [6.45, 7) is 1.89. The van der Waals surface area contributed by atoms with Crippen molar-refractivity contribution in [3.8, 4) is 5.69 Å². The van der Waals surface area contributed by atoms with Crippen LogP contribution in [0.4, 0.5) is 4.39 Å². The second-order valence-electron chi connectivity index (χ2n) is 5.97. The Morgan fingerprint density at radius 3 is 2.63 bits per heavy atom. The first-order chi connectivity index (χ1) is 13.1. The Bertz CT molecular complexity index is 1240. The summed E-state index contributed by atoms with van der Waals surface area (Å²) >= 11 is 7.81. The van der Waals surface area contributed by atoms with Crippen molar-refractivity contribution in [2.75, 3.05) is 0 Å². The van der Waals surface area contributed by atoms with E-state index in [9.17, 15) is 9.18 Å². The minimum atomic E-state index is -0.340. The molecule has 0 spiro atoms. The molecule has 4 rings (SSSR count). The Kier molecular flexibility index (Phi) is 4.64. The molecule has 0 saturated heterocycles. The van der Waals surface area contributed by atoms with E-state index >= 15 is 0 Å². The summed E-state index contributed by atoms with van der Waals surface area (Å²) in [5.41, 5.74) is 1.38. The molecule has 0 aliphatic rings. The third-order valence-corrected chi connectivity index (χ3v) is 5.47. The Balaban J connectivity index is 1.99. The van der Waals surface area contributed by atoms with Crippen molar-refractivity contribution in [3.63, 3.8) is 0 Å². The van der Waals surface area contributed by atoms with Crippen LogP contribution >= 0.6 is 22.9 Å². The average Bonchev–Trinajstić information content (AvgIpc) is 3.03. The van der Waals surface area contributed by atoms with Gasteiger partial charge in [-0.3, -0.25) is 9.36 Å². The number of nitrogens with zero attached hydrogens (tertiary/aromatic N) is 2. The van der Waals surface area contributed by atoms with E-state index in [4.69, 9.17) is 11.6 Å². The fourth-order valence-electron chi connectivity index (χ4n) is 2.93. The topological polar surface area (TPSA) is 34.9 Å². The van der Waals surface area contributed by atoms with E-state index in [0.29, 0.717) is 33.0 Å². The number of para-hydroxylation sites is 1. The first-order valence-corrected chi connectivity index (χ1v) is 9.50. The van der Waals surface area contributed by atoms with Crippen molar-refractivity contribution < 1.29 is 4.39 Å². The van der Waals surface area contributed by atoms with Gasteiger partial charge in [-0.15, -0.1) is 11.3 Å². The van der Waals surface area contributed by atoms with Crippen LogP contribution < -0.4 is 5.56 Å². The summed E-state index contributed by atoms with van der Waals surface area (Å²) in [4.78, 5) is 18.7. The molecule has 2 heterocycles. The molecule has 6 heteroatoms. The van der Waals surface area contributed by atoms with E-state index in [1.165, 1.54) is 22.0 Å². The Morgan fingerprint density at radius 1 is 1.11 bits per heavy atom. The maximum Gasteiger partial charge on any atom is 0.267 e. The van der Waals surface area contributed by atoms with Crippen LogP contribution in [0.3, 0.4) is 0 Å². The second-order valence-corrected chi connectivity index (χ2v) is 7.46. The van der Waals surface area contributed by atoms with Gasteiger partial charge in [0.25, 0.3) is 5.56 Å². The van der Waals surface area contributed by atoms with Crippen LogP contribution in [0.2, 0.25) is 5.02 Å². The van der Waals surface area contributed by atoms with Crippen LogP contribution in [0.25, 0.3) is 28.7 Å².